The van der Waals surface area contributed by atoms with E-state index in [1.165, 1.54) is 31.6 Å². The molecule has 2 nitrogen and oxygen atoms in total. The fraction of sp³-hybridized carbons (Fsp3) is 0.625. The average molecular weight is 168 g/mol. The van der Waals surface area contributed by atoms with Crippen LogP contribution in [-0.2, 0) is 6.54 Å². The summed E-state index contributed by atoms with van der Waals surface area (Å²) in [7, 11) is 0. The molecule has 1 fully saturated rings. The predicted octanol–water partition coefficient (Wildman–Crippen LogP) is 1.74. The molecule has 1 aromatic heterocycles. The Hall–Kier alpha value is -0.410. The van der Waals surface area contributed by atoms with Crippen molar-refractivity contribution in [2.45, 2.75) is 19.4 Å². The van der Waals surface area contributed by atoms with Crippen LogP contribution in [0.4, 0.5) is 0 Å². The lowest BCUT2D eigenvalue weighted by atomic mass is 10.4. The maximum absolute atomic E-state index is 4.26. The molecule has 0 spiro atoms. The van der Waals surface area contributed by atoms with Gasteiger partial charge < -0.3 is 0 Å². The zero-order valence-corrected chi connectivity index (χ0v) is 7.31. The number of rotatable bonds is 2. The molecule has 0 aromatic carbocycles. The molecule has 3 heteroatoms. The molecule has 1 aliphatic rings. The van der Waals surface area contributed by atoms with Gasteiger partial charge in [0.1, 0.15) is 0 Å². The average Bonchev–Trinajstić information content (AvgIpc) is 2.60. The largest absolute Gasteiger partial charge is 0.297 e. The molecule has 2 rings (SSSR count). The number of hydrogen-bond donors (Lipinski definition) is 0. The zero-order valence-electron chi connectivity index (χ0n) is 6.49. The van der Waals surface area contributed by atoms with Crippen LogP contribution in [-0.4, -0.2) is 23.0 Å². The van der Waals surface area contributed by atoms with Gasteiger partial charge in [-0.1, -0.05) is 0 Å². The van der Waals surface area contributed by atoms with Crippen molar-refractivity contribution < 1.29 is 0 Å². The second-order valence-electron chi connectivity index (χ2n) is 2.96. The van der Waals surface area contributed by atoms with Crippen LogP contribution < -0.4 is 0 Å². The Kier molecular flexibility index (Phi) is 2.19. The second kappa shape index (κ2) is 3.32. The van der Waals surface area contributed by atoms with Gasteiger partial charge in [0.2, 0.25) is 0 Å². The molecule has 60 valence electrons. The quantitative estimate of drug-likeness (QED) is 0.668. The van der Waals surface area contributed by atoms with E-state index >= 15 is 0 Å². The van der Waals surface area contributed by atoms with Crippen LogP contribution >= 0.6 is 11.3 Å². The van der Waals surface area contributed by atoms with E-state index in [0.29, 0.717) is 0 Å². The Morgan fingerprint density at radius 1 is 1.45 bits per heavy atom. The smallest absolute Gasteiger partial charge is 0.0795 e. The van der Waals surface area contributed by atoms with Crippen molar-refractivity contribution in [2.75, 3.05) is 13.1 Å². The highest BCUT2D eigenvalue weighted by atomic mass is 32.1. The lowest BCUT2D eigenvalue weighted by Gasteiger charge is -2.11. The van der Waals surface area contributed by atoms with Crippen molar-refractivity contribution >= 4 is 11.3 Å². The van der Waals surface area contributed by atoms with Crippen LogP contribution in [0.1, 0.15) is 18.5 Å². The summed E-state index contributed by atoms with van der Waals surface area (Å²) in [5.41, 5.74) is 3.14. The van der Waals surface area contributed by atoms with Crippen molar-refractivity contribution in [3.63, 3.8) is 0 Å². The SMILES string of the molecule is c1nc(CN2CCCC2)cs1. The third kappa shape index (κ3) is 1.79. The predicted molar refractivity (Wildman–Crippen MR) is 46.6 cm³/mol. The highest BCUT2D eigenvalue weighted by Gasteiger charge is 2.11. The normalized spacial score (nSPS) is 19.3. The number of likely N-dealkylation sites (tertiary alicyclic amines) is 1. The monoisotopic (exact) mass is 168 g/mol. The maximum atomic E-state index is 4.26. The van der Waals surface area contributed by atoms with E-state index in [-0.39, 0.29) is 0 Å². The lowest BCUT2D eigenvalue weighted by Crippen LogP contribution is -2.18. The van der Waals surface area contributed by atoms with Gasteiger partial charge in [-0.25, -0.2) is 4.98 Å². The summed E-state index contributed by atoms with van der Waals surface area (Å²) >= 11 is 1.69. The molecule has 1 saturated heterocycles. The van der Waals surface area contributed by atoms with Gasteiger partial charge in [0.05, 0.1) is 11.2 Å². The van der Waals surface area contributed by atoms with Crippen LogP contribution in [0.3, 0.4) is 0 Å². The molecule has 11 heavy (non-hydrogen) atoms. The molecule has 0 atom stereocenters. The minimum Gasteiger partial charge on any atom is -0.297 e. The fourth-order valence-corrected chi connectivity index (χ4v) is 2.04. The maximum Gasteiger partial charge on any atom is 0.0795 e. The van der Waals surface area contributed by atoms with Crippen LogP contribution in [0, 0.1) is 0 Å². The molecule has 1 aromatic rings. The van der Waals surface area contributed by atoms with E-state index in [1.807, 2.05) is 5.51 Å². The summed E-state index contributed by atoms with van der Waals surface area (Å²) in [5, 5.41) is 2.14. The summed E-state index contributed by atoms with van der Waals surface area (Å²) in [4.78, 5) is 6.72. The van der Waals surface area contributed by atoms with Crippen LogP contribution in [0.25, 0.3) is 0 Å². The van der Waals surface area contributed by atoms with Crippen LogP contribution in [0.5, 0.6) is 0 Å². The minimum atomic E-state index is 1.06. The lowest BCUT2D eigenvalue weighted by molar-refractivity contribution is 0.328. The van der Waals surface area contributed by atoms with Crippen LogP contribution in [0.2, 0.25) is 0 Å². The Morgan fingerprint density at radius 3 is 2.91 bits per heavy atom. The Bertz CT molecular complexity index is 202. The first kappa shape index (κ1) is 7.25. The molecule has 0 aliphatic carbocycles. The van der Waals surface area contributed by atoms with Gasteiger partial charge in [-0.3, -0.25) is 4.90 Å². The van der Waals surface area contributed by atoms with Gasteiger partial charge in [0.25, 0.3) is 0 Å². The second-order valence-corrected chi connectivity index (χ2v) is 3.68. The van der Waals surface area contributed by atoms with Gasteiger partial charge in [-0.05, 0) is 25.9 Å². The summed E-state index contributed by atoms with van der Waals surface area (Å²) < 4.78 is 0. The third-order valence-electron chi connectivity index (χ3n) is 2.07. The molecule has 0 unspecified atom stereocenters. The molecule has 0 amide bonds. The van der Waals surface area contributed by atoms with Crippen molar-refractivity contribution in [1.82, 2.24) is 9.88 Å². The topological polar surface area (TPSA) is 16.1 Å². The number of aromatic nitrogens is 1. The van der Waals surface area contributed by atoms with Crippen molar-refractivity contribution in [3.05, 3.63) is 16.6 Å². The Morgan fingerprint density at radius 2 is 2.27 bits per heavy atom. The molecule has 2 heterocycles. The van der Waals surface area contributed by atoms with E-state index in [9.17, 15) is 0 Å². The Balaban J connectivity index is 1.90. The highest BCUT2D eigenvalue weighted by molar-refractivity contribution is 7.07. The van der Waals surface area contributed by atoms with Gasteiger partial charge in [-0.15, -0.1) is 11.3 Å². The third-order valence-corrected chi connectivity index (χ3v) is 2.70. The Labute approximate surface area is 70.9 Å². The first-order valence-electron chi connectivity index (χ1n) is 4.04. The fourth-order valence-electron chi connectivity index (χ4n) is 1.49. The molecule has 0 radical (unpaired) electrons. The molecular formula is C8H12N2S. The first-order valence-corrected chi connectivity index (χ1v) is 4.99. The van der Waals surface area contributed by atoms with Gasteiger partial charge in [0, 0.05) is 11.9 Å². The molecular weight excluding hydrogens is 156 g/mol. The van der Waals surface area contributed by atoms with Gasteiger partial charge >= 0.3 is 0 Å². The summed E-state index contributed by atoms with van der Waals surface area (Å²) in [6.45, 7) is 3.58. The molecule has 0 N–H and O–H groups in total. The summed E-state index contributed by atoms with van der Waals surface area (Å²) in [5.74, 6) is 0. The van der Waals surface area contributed by atoms with Gasteiger partial charge in [0.15, 0.2) is 0 Å². The van der Waals surface area contributed by atoms with E-state index in [4.69, 9.17) is 0 Å². The zero-order chi connectivity index (χ0) is 7.52. The van der Waals surface area contributed by atoms with Crippen molar-refractivity contribution in [3.8, 4) is 0 Å². The number of thiazole rings is 1. The highest BCUT2D eigenvalue weighted by Crippen LogP contribution is 2.12. The van der Waals surface area contributed by atoms with Crippen molar-refractivity contribution in [1.29, 1.82) is 0 Å². The summed E-state index contributed by atoms with van der Waals surface area (Å²) in [6.07, 6.45) is 2.73. The van der Waals surface area contributed by atoms with E-state index in [1.54, 1.807) is 11.3 Å². The van der Waals surface area contributed by atoms with E-state index < -0.39 is 0 Å². The van der Waals surface area contributed by atoms with E-state index in [2.05, 4.69) is 15.3 Å². The van der Waals surface area contributed by atoms with Gasteiger partial charge in [-0.2, -0.15) is 0 Å². The van der Waals surface area contributed by atoms with E-state index in [0.717, 1.165) is 6.54 Å². The number of hydrogen-bond acceptors (Lipinski definition) is 3. The summed E-state index contributed by atoms with van der Waals surface area (Å²) in [6, 6.07) is 0. The number of nitrogens with zero attached hydrogens (tertiary/aromatic N) is 2. The molecule has 0 saturated carbocycles. The minimum absolute atomic E-state index is 1.06. The molecule has 0 bridgehead atoms. The van der Waals surface area contributed by atoms with Crippen LogP contribution in [0.15, 0.2) is 10.9 Å². The molecule has 1 aliphatic heterocycles. The first-order chi connectivity index (χ1) is 5.45. The standard InChI is InChI=1S/C8H12N2S/c1-2-4-10(3-1)5-8-6-11-7-9-8/h6-7H,1-5H2. The van der Waals surface area contributed by atoms with Crippen molar-refractivity contribution in [2.24, 2.45) is 0 Å².